The molecule has 0 aromatic carbocycles. The molecule has 0 amide bonds. The Morgan fingerprint density at radius 1 is 1.43 bits per heavy atom. The Morgan fingerprint density at radius 2 is 2.00 bits per heavy atom. The van der Waals surface area contributed by atoms with Crippen molar-refractivity contribution in [2.75, 3.05) is 13.7 Å². The van der Waals surface area contributed by atoms with Crippen LogP contribution in [0.5, 0.6) is 0 Å². The van der Waals surface area contributed by atoms with Gasteiger partial charge in [0.15, 0.2) is 0 Å². The van der Waals surface area contributed by atoms with Crippen molar-refractivity contribution in [3.63, 3.8) is 0 Å². The number of nitrogens with one attached hydrogen (secondary N) is 1. The van der Waals surface area contributed by atoms with Crippen molar-refractivity contribution in [3.8, 4) is 0 Å². The fourth-order valence-electron chi connectivity index (χ4n) is 0.939. The second kappa shape index (κ2) is 6.02. The zero-order valence-electron chi connectivity index (χ0n) is 10.0. The van der Waals surface area contributed by atoms with Gasteiger partial charge < -0.3 is 10.1 Å². The Hall–Kier alpha value is -0.570. The Morgan fingerprint density at radius 3 is 2.43 bits per heavy atom. The lowest BCUT2D eigenvalue weighted by molar-refractivity contribution is -0.150. The van der Waals surface area contributed by atoms with E-state index < -0.39 is 5.54 Å². The Bertz CT molecular complexity index is 176. The average Bonchev–Trinajstić information content (AvgIpc) is 2.11. The number of hydrogen-bond donors (Lipinski definition) is 1. The highest BCUT2D eigenvalue weighted by atomic mass is 16.5. The van der Waals surface area contributed by atoms with E-state index >= 15 is 0 Å². The van der Waals surface area contributed by atoms with E-state index in [1.807, 2.05) is 13.8 Å². The van der Waals surface area contributed by atoms with Crippen LogP contribution in [0, 0.1) is 5.92 Å². The molecular weight excluding hydrogens is 178 g/mol. The van der Waals surface area contributed by atoms with Crippen LogP contribution < -0.4 is 5.32 Å². The van der Waals surface area contributed by atoms with Crippen LogP contribution in [-0.4, -0.2) is 25.2 Å². The molecule has 0 atom stereocenters. The Balaban J connectivity index is 3.64. The van der Waals surface area contributed by atoms with Gasteiger partial charge >= 0.3 is 5.97 Å². The van der Waals surface area contributed by atoms with Crippen LogP contribution >= 0.6 is 0 Å². The van der Waals surface area contributed by atoms with Gasteiger partial charge in [-0.2, -0.15) is 0 Å². The summed E-state index contributed by atoms with van der Waals surface area (Å²) in [6.07, 6.45) is 2.05. The number of hydrogen-bond acceptors (Lipinski definition) is 3. The molecule has 0 aromatic heterocycles. The van der Waals surface area contributed by atoms with Crippen molar-refractivity contribution in [3.05, 3.63) is 0 Å². The lowest BCUT2D eigenvalue weighted by atomic mass is 10.1. The first-order chi connectivity index (χ1) is 6.40. The maximum Gasteiger partial charge on any atom is 0.325 e. The summed E-state index contributed by atoms with van der Waals surface area (Å²) in [5.41, 5.74) is -0.572. The summed E-state index contributed by atoms with van der Waals surface area (Å²) in [7, 11) is 1.76. The van der Waals surface area contributed by atoms with E-state index in [1.54, 1.807) is 7.05 Å². The predicted molar refractivity (Wildman–Crippen MR) is 58.2 cm³/mol. The first-order valence-corrected chi connectivity index (χ1v) is 5.26. The molecule has 0 heterocycles. The molecular formula is C11H23NO2. The molecule has 0 aliphatic carbocycles. The smallest absolute Gasteiger partial charge is 0.325 e. The van der Waals surface area contributed by atoms with Gasteiger partial charge in [0.25, 0.3) is 0 Å². The van der Waals surface area contributed by atoms with E-state index in [0.717, 1.165) is 12.8 Å². The summed E-state index contributed by atoms with van der Waals surface area (Å²) >= 11 is 0. The second-order valence-electron chi connectivity index (χ2n) is 4.55. The van der Waals surface area contributed by atoms with Gasteiger partial charge in [0, 0.05) is 0 Å². The average molecular weight is 201 g/mol. The number of ether oxygens (including phenoxy) is 1. The molecule has 84 valence electrons. The predicted octanol–water partition coefficient (Wildman–Crippen LogP) is 1.96. The van der Waals surface area contributed by atoms with Crippen LogP contribution in [0.1, 0.15) is 40.5 Å². The fourth-order valence-corrected chi connectivity index (χ4v) is 0.939. The van der Waals surface area contributed by atoms with Crippen molar-refractivity contribution >= 4 is 5.97 Å². The van der Waals surface area contributed by atoms with Crippen LogP contribution in [0.25, 0.3) is 0 Å². The zero-order valence-corrected chi connectivity index (χ0v) is 10.0. The van der Waals surface area contributed by atoms with Gasteiger partial charge in [0.2, 0.25) is 0 Å². The molecule has 3 heteroatoms. The van der Waals surface area contributed by atoms with Gasteiger partial charge in [-0.15, -0.1) is 0 Å². The third-order valence-corrected chi connectivity index (χ3v) is 2.29. The highest BCUT2D eigenvalue weighted by Crippen LogP contribution is 2.07. The van der Waals surface area contributed by atoms with E-state index in [1.165, 1.54) is 0 Å². The normalized spacial score (nSPS) is 11.9. The number of rotatable bonds is 6. The van der Waals surface area contributed by atoms with Gasteiger partial charge in [-0.1, -0.05) is 13.8 Å². The number of esters is 1. The van der Waals surface area contributed by atoms with Crippen LogP contribution in [0.3, 0.4) is 0 Å². The van der Waals surface area contributed by atoms with Crippen molar-refractivity contribution in [2.24, 2.45) is 5.92 Å². The maximum atomic E-state index is 11.5. The van der Waals surface area contributed by atoms with Crippen LogP contribution in [-0.2, 0) is 9.53 Å². The van der Waals surface area contributed by atoms with Crippen molar-refractivity contribution in [2.45, 2.75) is 46.1 Å². The number of likely N-dealkylation sites (N-methyl/N-ethyl adjacent to an activating group) is 1. The van der Waals surface area contributed by atoms with Gasteiger partial charge in [-0.05, 0) is 39.7 Å². The molecule has 0 spiro atoms. The number of carbonyl (C=O) groups excluding carboxylic acids is 1. The highest BCUT2D eigenvalue weighted by molar-refractivity contribution is 5.79. The summed E-state index contributed by atoms with van der Waals surface area (Å²) in [5, 5.41) is 2.92. The lowest BCUT2D eigenvalue weighted by Gasteiger charge is -2.21. The molecule has 14 heavy (non-hydrogen) atoms. The van der Waals surface area contributed by atoms with Gasteiger partial charge in [-0.3, -0.25) is 4.79 Å². The molecule has 0 rings (SSSR count). The third kappa shape index (κ3) is 5.22. The molecule has 1 N–H and O–H groups in total. The first-order valence-electron chi connectivity index (χ1n) is 5.26. The Labute approximate surface area is 87.2 Å². The molecule has 0 aromatic rings. The van der Waals surface area contributed by atoms with E-state index in [4.69, 9.17) is 4.74 Å². The molecule has 0 aliphatic rings. The zero-order chi connectivity index (χ0) is 11.2. The van der Waals surface area contributed by atoms with Gasteiger partial charge in [-0.25, -0.2) is 0 Å². The first kappa shape index (κ1) is 13.4. The van der Waals surface area contributed by atoms with Gasteiger partial charge in [0.1, 0.15) is 5.54 Å². The largest absolute Gasteiger partial charge is 0.464 e. The summed E-state index contributed by atoms with van der Waals surface area (Å²) in [6.45, 7) is 8.50. The van der Waals surface area contributed by atoms with Crippen molar-refractivity contribution < 1.29 is 9.53 Å². The molecule has 0 fully saturated rings. The van der Waals surface area contributed by atoms with E-state index in [0.29, 0.717) is 12.5 Å². The molecule has 0 bridgehead atoms. The van der Waals surface area contributed by atoms with E-state index in [-0.39, 0.29) is 5.97 Å². The summed E-state index contributed by atoms with van der Waals surface area (Å²) < 4.78 is 5.15. The SMILES string of the molecule is CNC(C)(C)C(=O)OCCCC(C)C. The monoisotopic (exact) mass is 201 g/mol. The van der Waals surface area contributed by atoms with Crippen molar-refractivity contribution in [1.82, 2.24) is 5.32 Å². The van der Waals surface area contributed by atoms with Gasteiger partial charge in [0.05, 0.1) is 6.61 Å². The fraction of sp³-hybridized carbons (Fsp3) is 0.909. The van der Waals surface area contributed by atoms with Crippen LogP contribution in [0.2, 0.25) is 0 Å². The molecule has 0 aliphatic heterocycles. The highest BCUT2D eigenvalue weighted by Gasteiger charge is 2.26. The van der Waals surface area contributed by atoms with Crippen LogP contribution in [0.4, 0.5) is 0 Å². The Kier molecular flexibility index (Phi) is 5.77. The molecule has 0 saturated heterocycles. The van der Waals surface area contributed by atoms with Crippen LogP contribution in [0.15, 0.2) is 0 Å². The third-order valence-electron chi connectivity index (χ3n) is 2.29. The quantitative estimate of drug-likeness (QED) is 0.527. The number of carbonyl (C=O) groups is 1. The minimum atomic E-state index is -0.572. The summed E-state index contributed by atoms with van der Waals surface area (Å²) in [4.78, 5) is 11.5. The molecule has 0 saturated carbocycles. The van der Waals surface area contributed by atoms with Crippen molar-refractivity contribution in [1.29, 1.82) is 0 Å². The molecule has 0 unspecified atom stereocenters. The minimum absolute atomic E-state index is 0.177. The molecule has 0 radical (unpaired) electrons. The standard InChI is InChI=1S/C11H23NO2/c1-9(2)7-6-8-14-10(13)11(3,4)12-5/h9,12H,6-8H2,1-5H3. The topological polar surface area (TPSA) is 38.3 Å². The second-order valence-corrected chi connectivity index (χ2v) is 4.55. The van der Waals surface area contributed by atoms with E-state index in [2.05, 4.69) is 19.2 Å². The summed E-state index contributed by atoms with van der Waals surface area (Å²) in [5.74, 6) is 0.495. The maximum absolute atomic E-state index is 11.5. The lowest BCUT2D eigenvalue weighted by Crippen LogP contribution is -2.45. The molecule has 3 nitrogen and oxygen atoms in total. The van der Waals surface area contributed by atoms with E-state index in [9.17, 15) is 4.79 Å². The summed E-state index contributed by atoms with van der Waals surface area (Å²) in [6, 6.07) is 0. The minimum Gasteiger partial charge on any atom is -0.464 e.